The molecule has 0 radical (unpaired) electrons. The molecule has 3 aromatic rings. The summed E-state index contributed by atoms with van der Waals surface area (Å²) in [7, 11) is -0.580. The molecule has 0 atom stereocenters. The fourth-order valence-electron chi connectivity index (χ4n) is 3.56. The van der Waals surface area contributed by atoms with Crippen molar-refractivity contribution in [1.29, 1.82) is 0 Å². The molecule has 3 rings (SSSR count). The fraction of sp³-hybridized carbons (Fsp3) is 0.231. The summed E-state index contributed by atoms with van der Waals surface area (Å²) in [6.07, 6.45) is 1.59. The van der Waals surface area contributed by atoms with E-state index in [1.54, 1.807) is 74.9 Å². The summed E-state index contributed by atoms with van der Waals surface area (Å²) in [5, 5.41) is 5.51. The lowest BCUT2D eigenvalue weighted by atomic mass is 10.1. The van der Waals surface area contributed by atoms with Crippen LogP contribution in [0.4, 0.5) is 11.4 Å². The Balaban J connectivity index is 1.65. The minimum atomic E-state index is -3.70. The standard InChI is InChI=1S/C26H29N3O6S/c1-34-23-14-13-19(17-24(23)35-2)15-16-27-26(31)21-11-7-8-12-22(21)28-25(30)18-29(36(3,32)33)20-9-5-4-6-10-20/h4-14,17H,15-16,18H2,1-3H3,(H,27,31)(H,28,30). The topological polar surface area (TPSA) is 114 Å². The number of carbonyl (C=O) groups excluding carboxylic acids is 2. The first-order chi connectivity index (χ1) is 17.2. The van der Waals surface area contributed by atoms with E-state index in [1.807, 2.05) is 12.1 Å². The third-order valence-corrected chi connectivity index (χ3v) is 6.47. The lowest BCUT2D eigenvalue weighted by molar-refractivity contribution is -0.114. The van der Waals surface area contributed by atoms with Crippen LogP contribution in [0.15, 0.2) is 72.8 Å². The Morgan fingerprint density at radius 1 is 0.889 bits per heavy atom. The Labute approximate surface area is 211 Å². The summed E-state index contributed by atoms with van der Waals surface area (Å²) in [5.41, 5.74) is 1.88. The van der Waals surface area contributed by atoms with Gasteiger partial charge in [0, 0.05) is 6.54 Å². The number of nitrogens with zero attached hydrogens (tertiary/aromatic N) is 1. The third-order valence-electron chi connectivity index (χ3n) is 5.32. The molecule has 9 nitrogen and oxygen atoms in total. The number of hydrogen-bond acceptors (Lipinski definition) is 6. The Morgan fingerprint density at radius 3 is 2.22 bits per heavy atom. The summed E-state index contributed by atoms with van der Waals surface area (Å²) in [5.74, 6) is 0.286. The number of carbonyl (C=O) groups is 2. The van der Waals surface area contributed by atoms with Crippen LogP contribution in [0.25, 0.3) is 0 Å². The number of para-hydroxylation sites is 2. The molecule has 0 aromatic heterocycles. The van der Waals surface area contributed by atoms with Crippen molar-refractivity contribution in [3.63, 3.8) is 0 Å². The van der Waals surface area contributed by atoms with E-state index in [9.17, 15) is 18.0 Å². The van der Waals surface area contributed by atoms with Crippen molar-refractivity contribution in [3.8, 4) is 11.5 Å². The van der Waals surface area contributed by atoms with Crippen LogP contribution in [0.3, 0.4) is 0 Å². The van der Waals surface area contributed by atoms with Crippen molar-refractivity contribution in [1.82, 2.24) is 5.32 Å². The first-order valence-electron chi connectivity index (χ1n) is 11.1. The predicted molar refractivity (Wildman–Crippen MR) is 139 cm³/mol. The van der Waals surface area contributed by atoms with Crippen LogP contribution >= 0.6 is 0 Å². The Kier molecular flexibility index (Phi) is 8.91. The Hall–Kier alpha value is -4.05. The lowest BCUT2D eigenvalue weighted by Crippen LogP contribution is -2.37. The van der Waals surface area contributed by atoms with Crippen LogP contribution in [-0.2, 0) is 21.2 Å². The zero-order valence-electron chi connectivity index (χ0n) is 20.4. The zero-order chi connectivity index (χ0) is 26.1. The summed E-state index contributed by atoms with van der Waals surface area (Å²) in [6.45, 7) is -0.0788. The first-order valence-corrected chi connectivity index (χ1v) is 13.0. The van der Waals surface area contributed by atoms with Crippen LogP contribution in [0, 0.1) is 0 Å². The maximum Gasteiger partial charge on any atom is 0.253 e. The Bertz CT molecular complexity index is 1310. The van der Waals surface area contributed by atoms with E-state index in [0.717, 1.165) is 16.1 Å². The molecule has 0 aliphatic rings. The van der Waals surface area contributed by atoms with E-state index in [2.05, 4.69) is 10.6 Å². The molecule has 0 bridgehead atoms. The molecular weight excluding hydrogens is 482 g/mol. The van der Waals surface area contributed by atoms with E-state index < -0.39 is 22.5 Å². The number of benzene rings is 3. The number of anilines is 2. The molecule has 2 N–H and O–H groups in total. The number of amides is 2. The molecular formula is C26H29N3O6S. The average molecular weight is 512 g/mol. The quantitative estimate of drug-likeness (QED) is 0.409. The van der Waals surface area contributed by atoms with Crippen LogP contribution in [0.5, 0.6) is 11.5 Å². The molecule has 0 fully saturated rings. The number of hydrogen-bond donors (Lipinski definition) is 2. The third kappa shape index (κ3) is 6.98. The van der Waals surface area contributed by atoms with Gasteiger partial charge in [0.2, 0.25) is 15.9 Å². The number of ether oxygens (including phenoxy) is 2. The molecule has 0 aliphatic heterocycles. The van der Waals surface area contributed by atoms with Gasteiger partial charge < -0.3 is 20.1 Å². The second-order valence-electron chi connectivity index (χ2n) is 7.89. The number of methoxy groups -OCH3 is 2. The van der Waals surface area contributed by atoms with Gasteiger partial charge in [0.25, 0.3) is 5.91 Å². The average Bonchev–Trinajstić information content (AvgIpc) is 2.87. The van der Waals surface area contributed by atoms with Crippen LogP contribution in [-0.4, -0.2) is 53.8 Å². The molecule has 190 valence electrons. The van der Waals surface area contributed by atoms with E-state index >= 15 is 0 Å². The van der Waals surface area contributed by atoms with Crippen LogP contribution in [0.2, 0.25) is 0 Å². The normalized spacial score (nSPS) is 10.9. The highest BCUT2D eigenvalue weighted by atomic mass is 32.2. The van der Waals surface area contributed by atoms with Gasteiger partial charge in [0.15, 0.2) is 11.5 Å². The second kappa shape index (κ2) is 12.1. The maximum absolute atomic E-state index is 12.9. The van der Waals surface area contributed by atoms with Crippen molar-refractivity contribution in [3.05, 3.63) is 83.9 Å². The highest BCUT2D eigenvalue weighted by Crippen LogP contribution is 2.27. The molecule has 10 heteroatoms. The zero-order valence-corrected chi connectivity index (χ0v) is 21.2. The van der Waals surface area contributed by atoms with Gasteiger partial charge in [-0.05, 0) is 48.4 Å². The van der Waals surface area contributed by atoms with Crippen LogP contribution in [0.1, 0.15) is 15.9 Å². The van der Waals surface area contributed by atoms with Gasteiger partial charge >= 0.3 is 0 Å². The molecule has 0 heterocycles. The molecule has 3 aromatic carbocycles. The van der Waals surface area contributed by atoms with Gasteiger partial charge in [0.05, 0.1) is 37.4 Å². The van der Waals surface area contributed by atoms with Crippen molar-refractivity contribution >= 4 is 33.2 Å². The minimum absolute atomic E-state index is 0.267. The molecule has 0 saturated carbocycles. The van der Waals surface area contributed by atoms with Gasteiger partial charge in [-0.1, -0.05) is 36.4 Å². The van der Waals surface area contributed by atoms with Crippen LogP contribution < -0.4 is 24.4 Å². The van der Waals surface area contributed by atoms with Gasteiger partial charge in [0.1, 0.15) is 6.54 Å². The monoisotopic (exact) mass is 511 g/mol. The smallest absolute Gasteiger partial charge is 0.253 e. The van der Waals surface area contributed by atoms with Gasteiger partial charge in [-0.25, -0.2) is 8.42 Å². The van der Waals surface area contributed by atoms with Crippen molar-refractivity contribution in [2.45, 2.75) is 6.42 Å². The van der Waals surface area contributed by atoms with Crippen molar-refractivity contribution in [2.75, 3.05) is 43.2 Å². The van der Waals surface area contributed by atoms with E-state index in [-0.39, 0.29) is 17.2 Å². The summed E-state index contributed by atoms with van der Waals surface area (Å²) in [6, 6.07) is 20.4. The minimum Gasteiger partial charge on any atom is -0.493 e. The van der Waals surface area contributed by atoms with Crippen molar-refractivity contribution in [2.24, 2.45) is 0 Å². The molecule has 0 unspecified atom stereocenters. The maximum atomic E-state index is 12.9. The highest BCUT2D eigenvalue weighted by molar-refractivity contribution is 7.92. The van der Waals surface area contributed by atoms with E-state index in [0.29, 0.717) is 30.2 Å². The molecule has 0 spiro atoms. The highest BCUT2D eigenvalue weighted by Gasteiger charge is 2.22. The summed E-state index contributed by atoms with van der Waals surface area (Å²) in [4.78, 5) is 25.6. The second-order valence-corrected chi connectivity index (χ2v) is 9.80. The summed E-state index contributed by atoms with van der Waals surface area (Å²) >= 11 is 0. The van der Waals surface area contributed by atoms with E-state index in [4.69, 9.17) is 9.47 Å². The number of sulfonamides is 1. The van der Waals surface area contributed by atoms with Gasteiger partial charge in [-0.3, -0.25) is 13.9 Å². The fourth-order valence-corrected chi connectivity index (χ4v) is 4.41. The van der Waals surface area contributed by atoms with E-state index in [1.165, 1.54) is 0 Å². The first kappa shape index (κ1) is 26.6. The van der Waals surface area contributed by atoms with Gasteiger partial charge in [-0.2, -0.15) is 0 Å². The largest absolute Gasteiger partial charge is 0.493 e. The number of rotatable bonds is 11. The molecule has 36 heavy (non-hydrogen) atoms. The SMILES string of the molecule is COc1ccc(CCNC(=O)c2ccccc2NC(=O)CN(c2ccccc2)S(C)(=O)=O)cc1OC. The van der Waals surface area contributed by atoms with Crippen molar-refractivity contribution < 1.29 is 27.5 Å². The summed E-state index contributed by atoms with van der Waals surface area (Å²) < 4.78 is 36.1. The lowest BCUT2D eigenvalue weighted by Gasteiger charge is -2.22. The molecule has 0 saturated heterocycles. The molecule has 0 aliphatic carbocycles. The Morgan fingerprint density at radius 2 is 1.56 bits per heavy atom. The number of nitrogens with one attached hydrogen (secondary N) is 2. The predicted octanol–water partition coefficient (Wildman–Crippen LogP) is 3.08. The molecule has 2 amide bonds. The van der Waals surface area contributed by atoms with Gasteiger partial charge in [-0.15, -0.1) is 0 Å².